The Morgan fingerprint density at radius 2 is 1.22 bits per heavy atom. The molecule has 1 aliphatic heterocycles. The molecule has 1 fully saturated rings. The number of aryl methyl sites for hydroxylation is 1. The summed E-state index contributed by atoms with van der Waals surface area (Å²) in [4.78, 5) is 8.88. The van der Waals surface area contributed by atoms with Crippen molar-refractivity contribution in [2.24, 2.45) is 0 Å². The average Bonchev–Trinajstić information content (AvgIpc) is 2.85. The maximum absolute atomic E-state index is 13.1. The lowest BCUT2D eigenvalue weighted by molar-refractivity contribution is -0.376. The van der Waals surface area contributed by atoms with Gasteiger partial charge in [-0.1, -0.05) is 48.5 Å². The number of aromatic nitrogens is 1. The van der Waals surface area contributed by atoms with E-state index in [4.69, 9.17) is 0 Å². The quantitative estimate of drug-likeness (QED) is 0.422. The molecule has 1 N–H and O–H groups in total. The molecule has 1 aliphatic rings. The van der Waals surface area contributed by atoms with E-state index in [0.29, 0.717) is 23.3 Å². The van der Waals surface area contributed by atoms with Crippen LogP contribution in [0.25, 0.3) is 11.1 Å². The van der Waals surface area contributed by atoms with Gasteiger partial charge in [-0.05, 0) is 40.8 Å². The monoisotopic (exact) mass is 523 g/mol. The second kappa shape index (κ2) is 10.4. The van der Waals surface area contributed by atoms with Crippen molar-refractivity contribution in [2.75, 3.05) is 26.2 Å². The summed E-state index contributed by atoms with van der Waals surface area (Å²) in [5, 5.41) is 9.55. The minimum atomic E-state index is -5.90. The van der Waals surface area contributed by atoms with E-state index in [1.807, 2.05) is 30.6 Å². The molecular formula is C27H27F6N3O. The Morgan fingerprint density at radius 3 is 1.70 bits per heavy atom. The highest BCUT2D eigenvalue weighted by molar-refractivity contribution is 5.64. The summed E-state index contributed by atoms with van der Waals surface area (Å²) >= 11 is 0. The third-order valence-corrected chi connectivity index (χ3v) is 6.81. The molecule has 10 heteroatoms. The normalized spacial score (nSPS) is 16.2. The van der Waals surface area contributed by atoms with Crippen molar-refractivity contribution in [1.82, 2.24) is 14.8 Å². The van der Waals surface area contributed by atoms with E-state index in [0.717, 1.165) is 57.0 Å². The molecule has 0 bridgehead atoms. The fraction of sp³-hybridized carbons (Fsp3) is 0.370. The van der Waals surface area contributed by atoms with Gasteiger partial charge in [0, 0.05) is 57.2 Å². The van der Waals surface area contributed by atoms with Gasteiger partial charge in [0.1, 0.15) is 0 Å². The molecule has 1 saturated heterocycles. The van der Waals surface area contributed by atoms with Crippen molar-refractivity contribution in [3.8, 4) is 11.1 Å². The van der Waals surface area contributed by atoms with E-state index >= 15 is 0 Å². The predicted octanol–water partition coefficient (Wildman–Crippen LogP) is 5.69. The lowest BCUT2D eigenvalue weighted by Crippen LogP contribution is -2.53. The highest BCUT2D eigenvalue weighted by Gasteiger charge is 2.71. The highest BCUT2D eigenvalue weighted by atomic mass is 19.4. The van der Waals surface area contributed by atoms with E-state index in [1.54, 1.807) is 12.1 Å². The topological polar surface area (TPSA) is 39.6 Å². The smallest absolute Gasteiger partial charge is 0.369 e. The van der Waals surface area contributed by atoms with E-state index in [2.05, 4.69) is 21.7 Å². The van der Waals surface area contributed by atoms with Crippen LogP contribution < -0.4 is 0 Å². The van der Waals surface area contributed by atoms with Gasteiger partial charge in [0.15, 0.2) is 0 Å². The molecule has 0 amide bonds. The minimum absolute atomic E-state index is 0.446. The summed E-state index contributed by atoms with van der Waals surface area (Å²) in [5.41, 5.74) is -1.60. The number of hydrogen-bond donors (Lipinski definition) is 1. The molecule has 0 atom stereocenters. The van der Waals surface area contributed by atoms with Gasteiger partial charge in [0.2, 0.25) is 0 Å². The zero-order valence-corrected chi connectivity index (χ0v) is 20.2. The molecule has 4 rings (SSSR count). The van der Waals surface area contributed by atoms with Gasteiger partial charge < -0.3 is 5.11 Å². The third kappa shape index (κ3) is 5.81. The van der Waals surface area contributed by atoms with Crippen LogP contribution in [0.1, 0.15) is 22.3 Å². The highest BCUT2D eigenvalue weighted by Crippen LogP contribution is 2.50. The van der Waals surface area contributed by atoms with Crippen molar-refractivity contribution in [2.45, 2.75) is 38.0 Å². The van der Waals surface area contributed by atoms with Gasteiger partial charge in [0.05, 0.1) is 0 Å². The van der Waals surface area contributed by atoms with Crippen molar-refractivity contribution in [1.29, 1.82) is 0 Å². The lowest BCUT2D eigenvalue weighted by atomic mass is 9.90. The molecule has 0 saturated carbocycles. The Morgan fingerprint density at radius 1 is 0.730 bits per heavy atom. The molecule has 0 unspecified atom stereocenters. The number of halogens is 6. The van der Waals surface area contributed by atoms with Gasteiger partial charge in [0.25, 0.3) is 5.60 Å². The maximum Gasteiger partial charge on any atom is 0.430 e. The van der Waals surface area contributed by atoms with Crippen LogP contribution in [0.3, 0.4) is 0 Å². The van der Waals surface area contributed by atoms with E-state index in [1.165, 1.54) is 11.1 Å². The Bertz CT molecular complexity index is 1170. The number of nitrogens with zero attached hydrogens (tertiary/aromatic N) is 3. The summed E-state index contributed by atoms with van der Waals surface area (Å²) in [6, 6.07) is 13.0. The molecule has 1 aromatic heterocycles. The van der Waals surface area contributed by atoms with Crippen LogP contribution in [0.5, 0.6) is 0 Å². The SMILES string of the molecule is Cc1cnccc1CN1CCN(Cc2ccc(-c3ccc(C(O)(C(F)(F)F)C(F)(F)F)cc3)cc2)CC1. The van der Waals surface area contributed by atoms with Crippen LogP contribution in [0.2, 0.25) is 0 Å². The number of hydrogen-bond acceptors (Lipinski definition) is 4. The van der Waals surface area contributed by atoms with Crippen LogP contribution in [-0.2, 0) is 18.7 Å². The Hall–Kier alpha value is -2.95. The first-order chi connectivity index (χ1) is 17.4. The summed E-state index contributed by atoms with van der Waals surface area (Å²) in [7, 11) is 0. The molecule has 2 aromatic carbocycles. The average molecular weight is 524 g/mol. The van der Waals surface area contributed by atoms with E-state index in [9.17, 15) is 31.4 Å². The first kappa shape index (κ1) is 27.1. The molecule has 3 aromatic rings. The molecule has 4 nitrogen and oxygen atoms in total. The summed E-state index contributed by atoms with van der Waals surface area (Å²) < 4.78 is 78.6. The number of rotatable bonds is 6. The van der Waals surface area contributed by atoms with Gasteiger partial charge in [-0.2, -0.15) is 26.3 Å². The lowest BCUT2D eigenvalue weighted by Gasteiger charge is -2.35. The molecular weight excluding hydrogens is 496 g/mol. The maximum atomic E-state index is 13.1. The van der Waals surface area contributed by atoms with Crippen molar-refractivity contribution >= 4 is 0 Å². The van der Waals surface area contributed by atoms with Crippen molar-refractivity contribution in [3.05, 3.63) is 89.2 Å². The Labute approximate surface area is 211 Å². The van der Waals surface area contributed by atoms with Crippen LogP contribution in [0.15, 0.2) is 67.0 Å². The first-order valence-corrected chi connectivity index (χ1v) is 11.8. The molecule has 0 aliphatic carbocycles. The van der Waals surface area contributed by atoms with Gasteiger partial charge in [-0.15, -0.1) is 0 Å². The Kier molecular flexibility index (Phi) is 7.64. The number of piperazine rings is 1. The number of benzene rings is 2. The zero-order valence-electron chi connectivity index (χ0n) is 20.2. The predicted molar refractivity (Wildman–Crippen MR) is 127 cm³/mol. The zero-order chi connectivity index (χ0) is 26.8. The summed E-state index contributed by atoms with van der Waals surface area (Å²) in [5.74, 6) is 0. The van der Waals surface area contributed by atoms with Crippen LogP contribution in [0.4, 0.5) is 26.3 Å². The van der Waals surface area contributed by atoms with Gasteiger partial charge in [-0.25, -0.2) is 0 Å². The molecule has 0 spiro atoms. The molecule has 0 radical (unpaired) electrons. The Balaban J connectivity index is 1.36. The minimum Gasteiger partial charge on any atom is -0.369 e. The van der Waals surface area contributed by atoms with Crippen LogP contribution in [0, 0.1) is 6.92 Å². The van der Waals surface area contributed by atoms with Crippen LogP contribution >= 0.6 is 0 Å². The second-order valence-corrected chi connectivity index (χ2v) is 9.33. The van der Waals surface area contributed by atoms with Crippen molar-refractivity contribution in [3.63, 3.8) is 0 Å². The standard InChI is InChI=1S/C27H27F6N3O/c1-19-16-34-11-10-23(19)18-36-14-12-35(13-15-36)17-20-2-4-21(5-3-20)22-6-8-24(9-7-22)25(37,26(28,29)30)27(31,32)33/h2-11,16,37H,12-15,17-18H2,1H3. The van der Waals surface area contributed by atoms with E-state index < -0.39 is 23.5 Å². The second-order valence-electron chi connectivity index (χ2n) is 9.33. The van der Waals surface area contributed by atoms with Crippen molar-refractivity contribution < 1.29 is 31.4 Å². The molecule has 198 valence electrons. The number of aliphatic hydroxyl groups is 1. The fourth-order valence-corrected chi connectivity index (χ4v) is 4.48. The first-order valence-electron chi connectivity index (χ1n) is 11.8. The molecule has 37 heavy (non-hydrogen) atoms. The number of alkyl halides is 6. The third-order valence-electron chi connectivity index (χ3n) is 6.81. The largest absolute Gasteiger partial charge is 0.430 e. The van der Waals surface area contributed by atoms with Gasteiger partial charge >= 0.3 is 12.4 Å². The molecule has 2 heterocycles. The summed E-state index contributed by atoms with van der Waals surface area (Å²) in [6.45, 7) is 7.39. The van der Waals surface area contributed by atoms with Gasteiger partial charge in [-0.3, -0.25) is 14.8 Å². The fourth-order valence-electron chi connectivity index (χ4n) is 4.48. The van der Waals surface area contributed by atoms with Crippen LogP contribution in [-0.4, -0.2) is 58.4 Å². The van der Waals surface area contributed by atoms with E-state index in [-0.39, 0.29) is 0 Å². The number of pyridine rings is 1. The summed E-state index contributed by atoms with van der Waals surface area (Å²) in [6.07, 6.45) is -8.13.